The molecular formula is C58H86N10O13. The van der Waals surface area contributed by atoms with Gasteiger partial charge in [-0.15, -0.1) is 13.2 Å². The van der Waals surface area contributed by atoms with Crippen LogP contribution in [0.15, 0.2) is 73.8 Å². The number of aliphatic carboxylic acids is 1. The Morgan fingerprint density at radius 1 is 0.642 bits per heavy atom. The zero-order chi connectivity index (χ0) is 60.6. The average molecular weight is 1130 g/mol. The number of carboxylic acid groups (broad SMARTS) is 1. The maximum Gasteiger partial charge on any atom is 0.305 e. The Morgan fingerprint density at radius 3 is 1.54 bits per heavy atom. The van der Waals surface area contributed by atoms with E-state index in [0.717, 1.165) is 0 Å². The lowest BCUT2D eigenvalue weighted by Crippen LogP contribution is -2.64. The molecule has 23 nitrogen and oxygen atoms in total. The first-order chi connectivity index (χ1) is 38.1. The number of benzene rings is 2. The number of amides is 9. The third-order valence-corrected chi connectivity index (χ3v) is 14.1. The molecule has 1 saturated heterocycles. The smallest absolute Gasteiger partial charge is 0.305 e. The molecule has 2 aromatic rings. The second kappa shape index (κ2) is 32.4. The van der Waals surface area contributed by atoms with Crippen LogP contribution in [0.5, 0.6) is 11.5 Å². The van der Waals surface area contributed by atoms with Gasteiger partial charge in [-0.1, -0.05) is 64.1 Å². The van der Waals surface area contributed by atoms with Crippen molar-refractivity contribution in [3.63, 3.8) is 0 Å². The van der Waals surface area contributed by atoms with E-state index < -0.39 is 119 Å². The lowest BCUT2D eigenvalue weighted by atomic mass is 9.91. The van der Waals surface area contributed by atoms with Gasteiger partial charge in [0.2, 0.25) is 53.2 Å². The number of aromatic hydroxyl groups is 2. The molecule has 1 fully saturated rings. The number of nitrogens with one attached hydrogen (secondary N) is 8. The van der Waals surface area contributed by atoms with E-state index in [1.165, 1.54) is 60.4 Å². The van der Waals surface area contributed by atoms with Crippen LogP contribution in [-0.2, 0) is 60.8 Å². The van der Waals surface area contributed by atoms with Gasteiger partial charge in [0.1, 0.15) is 53.3 Å². The Morgan fingerprint density at radius 2 is 1.07 bits per heavy atom. The minimum atomic E-state index is -1.80. The van der Waals surface area contributed by atoms with E-state index in [1.54, 1.807) is 53.8 Å². The Bertz CT molecular complexity index is 2520. The second-order valence-electron chi connectivity index (χ2n) is 22.0. The molecule has 2 aromatic carbocycles. The van der Waals surface area contributed by atoms with Crippen LogP contribution in [-0.4, -0.2) is 147 Å². The number of likely N-dealkylation sites (tertiary alicyclic amines) is 1. The molecule has 0 radical (unpaired) electrons. The van der Waals surface area contributed by atoms with Crippen molar-refractivity contribution in [2.75, 3.05) is 20.1 Å². The summed E-state index contributed by atoms with van der Waals surface area (Å²) < 4.78 is 0. The van der Waals surface area contributed by atoms with Crippen molar-refractivity contribution in [1.82, 2.24) is 47.4 Å². The van der Waals surface area contributed by atoms with Crippen LogP contribution in [0.25, 0.3) is 0 Å². The minimum Gasteiger partial charge on any atom is -0.508 e. The Hall–Kier alpha value is -7.82. The summed E-state index contributed by atoms with van der Waals surface area (Å²) in [5, 5.41) is 51.6. The summed E-state index contributed by atoms with van der Waals surface area (Å²) >= 11 is 0. The normalized spacial score (nSPS) is 16.4. The molecule has 0 aromatic heterocycles. The van der Waals surface area contributed by atoms with Crippen molar-refractivity contribution in [2.45, 2.75) is 172 Å². The molecule has 3 rings (SSSR count). The maximum absolute atomic E-state index is 14.9. The molecule has 1 heterocycles. The number of unbranched alkanes of at least 4 members (excludes halogenated alkanes) is 2. The van der Waals surface area contributed by atoms with Crippen LogP contribution >= 0.6 is 0 Å². The number of phenols is 2. The second-order valence-corrected chi connectivity index (χ2v) is 22.0. The zero-order valence-corrected chi connectivity index (χ0v) is 47.9. The zero-order valence-electron chi connectivity index (χ0n) is 47.9. The van der Waals surface area contributed by atoms with Crippen LogP contribution in [0, 0.1) is 11.8 Å². The molecular weight excluding hydrogens is 1040 g/mol. The van der Waals surface area contributed by atoms with Gasteiger partial charge in [0.15, 0.2) is 0 Å². The molecule has 0 bridgehead atoms. The molecule has 1 unspecified atom stereocenters. The van der Waals surface area contributed by atoms with Gasteiger partial charge in [0, 0.05) is 19.4 Å². The van der Waals surface area contributed by atoms with Gasteiger partial charge in [-0.25, -0.2) is 0 Å². The van der Waals surface area contributed by atoms with E-state index in [1.807, 2.05) is 0 Å². The first-order valence-corrected chi connectivity index (χ1v) is 27.6. The van der Waals surface area contributed by atoms with Gasteiger partial charge in [0.05, 0.1) is 18.5 Å². The predicted molar refractivity (Wildman–Crippen MR) is 303 cm³/mol. The third-order valence-electron chi connectivity index (χ3n) is 14.1. The standard InChI is InChI=1S/C58H86N10O13/c1-10-12-14-26-57(7,60-9)55(80)66-45(33-48(72)73)53(78)62-41(29-35(3)4)51(76)63-42(30-36(5)6)54(79)67-58(8,27-15-13-11-2)56(81)65-44(32-38-20-24-40(70)25-21-38)52(77)64-43(31-37-18-22-39(69)23-19-37)50(75)61-34-47(71)68-28-16-17-46(68)49(59)74/h10-11,18-25,35-36,41-46,60,69-70H,1-2,12-17,26-34H2,3-9H3,(H2,59,74)(H,61,75)(H,62,78)(H,63,76)(H,64,77)(H,65,81)(H,66,80)(H,67,79)(H,72,73)/t41-,42-,43-,44?,45-,46-,57-,58+/m0/s1. The van der Waals surface area contributed by atoms with Gasteiger partial charge < -0.3 is 68.5 Å². The van der Waals surface area contributed by atoms with Crippen LogP contribution in [0.4, 0.5) is 0 Å². The topological polar surface area (TPSA) is 357 Å². The van der Waals surface area contributed by atoms with Gasteiger partial charge in [-0.2, -0.15) is 0 Å². The summed E-state index contributed by atoms with van der Waals surface area (Å²) in [7, 11) is 1.56. The molecule has 8 atom stereocenters. The summed E-state index contributed by atoms with van der Waals surface area (Å²) in [5.41, 5.74) is 3.51. The summed E-state index contributed by atoms with van der Waals surface area (Å²) in [6.45, 7) is 17.5. The number of phenolic OH excluding ortho intramolecular Hbond substituents is 2. The van der Waals surface area contributed by atoms with E-state index in [9.17, 15) is 63.3 Å². The van der Waals surface area contributed by atoms with Crippen molar-refractivity contribution >= 4 is 59.1 Å². The molecule has 0 spiro atoms. The van der Waals surface area contributed by atoms with E-state index >= 15 is 0 Å². The highest BCUT2D eigenvalue weighted by Gasteiger charge is 2.41. The largest absolute Gasteiger partial charge is 0.508 e. The number of carboxylic acids is 1. The van der Waals surface area contributed by atoms with E-state index in [-0.39, 0.29) is 62.0 Å². The molecule has 446 valence electrons. The molecule has 23 heteroatoms. The fourth-order valence-corrected chi connectivity index (χ4v) is 9.29. The van der Waals surface area contributed by atoms with Gasteiger partial charge in [0.25, 0.3) is 0 Å². The van der Waals surface area contributed by atoms with Crippen molar-refractivity contribution < 1.29 is 63.3 Å². The Labute approximate surface area is 474 Å². The third kappa shape index (κ3) is 22.0. The fraction of sp³-hybridized carbons (Fsp3) is 0.552. The number of carbonyl (C=O) groups is 10. The molecule has 0 saturated carbocycles. The highest BCUT2D eigenvalue weighted by molar-refractivity contribution is 6.00. The molecule has 9 amide bonds. The highest BCUT2D eigenvalue weighted by Crippen LogP contribution is 2.21. The molecule has 81 heavy (non-hydrogen) atoms. The minimum absolute atomic E-state index is 0.0103. The van der Waals surface area contributed by atoms with Crippen molar-refractivity contribution in [2.24, 2.45) is 17.6 Å². The fourth-order valence-electron chi connectivity index (χ4n) is 9.29. The van der Waals surface area contributed by atoms with Crippen molar-refractivity contribution in [1.29, 1.82) is 0 Å². The van der Waals surface area contributed by atoms with E-state index in [0.29, 0.717) is 56.1 Å². The first-order valence-electron chi connectivity index (χ1n) is 27.6. The first kappa shape index (κ1) is 67.5. The van der Waals surface area contributed by atoms with Crippen molar-refractivity contribution in [3.8, 4) is 11.5 Å². The number of rotatable bonds is 35. The van der Waals surface area contributed by atoms with Gasteiger partial charge in [-0.3, -0.25) is 47.9 Å². The number of primary amides is 1. The predicted octanol–water partition coefficient (Wildman–Crippen LogP) is 2.03. The van der Waals surface area contributed by atoms with Crippen LogP contribution in [0.3, 0.4) is 0 Å². The van der Waals surface area contributed by atoms with E-state index in [4.69, 9.17) is 5.73 Å². The maximum atomic E-state index is 14.9. The van der Waals surface area contributed by atoms with Gasteiger partial charge in [-0.05, 0) is 132 Å². The summed E-state index contributed by atoms with van der Waals surface area (Å²) in [6.07, 6.45) is 5.38. The molecule has 13 N–H and O–H groups in total. The number of likely N-dealkylation sites (N-methyl/N-ethyl adjacent to an activating group) is 1. The number of allylic oxidation sites excluding steroid dienone is 2. The number of nitrogens with two attached hydrogens (primary N) is 1. The monoisotopic (exact) mass is 1130 g/mol. The number of nitrogens with zero attached hydrogens (tertiary/aromatic N) is 1. The van der Waals surface area contributed by atoms with Crippen LogP contribution in [0.2, 0.25) is 0 Å². The van der Waals surface area contributed by atoms with Crippen molar-refractivity contribution in [3.05, 3.63) is 85.0 Å². The quantitative estimate of drug-likeness (QED) is 0.0347. The van der Waals surface area contributed by atoms with Crippen LogP contribution < -0.4 is 48.3 Å². The lowest BCUT2D eigenvalue weighted by Gasteiger charge is -2.34. The summed E-state index contributed by atoms with van der Waals surface area (Å²) in [5.74, 6) is -8.88. The highest BCUT2D eigenvalue weighted by atomic mass is 16.4. The Balaban J connectivity index is 1.98. The average Bonchev–Trinajstić information content (AvgIpc) is 3.93. The summed E-state index contributed by atoms with van der Waals surface area (Å²) in [4.78, 5) is 139. The Kier molecular flexibility index (Phi) is 27.0. The molecule has 1 aliphatic rings. The summed E-state index contributed by atoms with van der Waals surface area (Å²) in [6, 6.07) is 3.76. The number of carbonyl (C=O) groups excluding carboxylic acids is 9. The van der Waals surface area contributed by atoms with Gasteiger partial charge >= 0.3 is 5.97 Å². The number of hydrogen-bond acceptors (Lipinski definition) is 13. The lowest BCUT2D eigenvalue weighted by molar-refractivity contribution is -0.142. The van der Waals surface area contributed by atoms with Crippen LogP contribution in [0.1, 0.15) is 123 Å². The molecule has 0 aliphatic carbocycles. The number of hydrogen-bond donors (Lipinski definition) is 12. The van der Waals surface area contributed by atoms with E-state index in [2.05, 4.69) is 55.7 Å². The SMILES string of the molecule is C=CCCC[C@@](C)(NC(=O)[C@H](CC(C)C)NC(=O)[C@H](CC(C)C)NC(=O)[C@H](CC(=O)O)NC(=O)[C@](C)(CCCC=C)NC)C(=O)NC(Cc1ccc(O)cc1)C(=O)N[C@@H](Cc1ccc(O)cc1)C(=O)NCC(=O)N1CCC[C@H]1C(N)=O. The molecule has 1 aliphatic heterocycles.